The van der Waals surface area contributed by atoms with Crippen LogP contribution in [0.3, 0.4) is 0 Å². The second kappa shape index (κ2) is 6.17. The van der Waals surface area contributed by atoms with E-state index >= 15 is 0 Å². The fourth-order valence-electron chi connectivity index (χ4n) is 1.42. The predicted molar refractivity (Wildman–Crippen MR) is 68.6 cm³/mol. The summed E-state index contributed by atoms with van der Waals surface area (Å²) in [6.45, 7) is -0.0999. The Hall–Kier alpha value is -2.11. The Morgan fingerprint density at radius 2 is 1.89 bits per heavy atom. The first-order chi connectivity index (χ1) is 8.86. The highest BCUT2D eigenvalue weighted by molar-refractivity contribution is 5.96. The molecule has 2 amide bonds. The van der Waals surface area contributed by atoms with Gasteiger partial charge in [0.15, 0.2) is 0 Å². The van der Waals surface area contributed by atoms with E-state index < -0.39 is 11.7 Å². The summed E-state index contributed by atoms with van der Waals surface area (Å²) in [5.41, 5.74) is -0.0881. The summed E-state index contributed by atoms with van der Waals surface area (Å²) >= 11 is 0. The molecule has 0 aliphatic rings. The van der Waals surface area contributed by atoms with E-state index in [1.807, 2.05) is 0 Å². The van der Waals surface area contributed by atoms with Crippen LogP contribution in [0.4, 0.5) is 4.39 Å². The molecule has 0 atom stereocenters. The zero-order chi connectivity index (χ0) is 14.6. The van der Waals surface area contributed by atoms with Crippen LogP contribution in [0.5, 0.6) is 5.75 Å². The van der Waals surface area contributed by atoms with Crippen LogP contribution in [0.25, 0.3) is 0 Å². The molecule has 0 fully saturated rings. The maximum Gasteiger partial charge on any atom is 0.257 e. The van der Waals surface area contributed by atoms with Gasteiger partial charge in [0.1, 0.15) is 11.6 Å². The molecule has 0 aliphatic carbocycles. The zero-order valence-electron chi connectivity index (χ0n) is 11.4. The van der Waals surface area contributed by atoms with Gasteiger partial charge in [-0.3, -0.25) is 9.59 Å². The van der Waals surface area contributed by atoms with Gasteiger partial charge in [-0.25, -0.2) is 4.39 Å². The minimum Gasteiger partial charge on any atom is -0.497 e. The molecule has 0 N–H and O–H groups in total. The smallest absolute Gasteiger partial charge is 0.257 e. The molecule has 0 bridgehead atoms. The van der Waals surface area contributed by atoms with Crippen LogP contribution in [0.15, 0.2) is 18.2 Å². The number of hydrogen-bond acceptors (Lipinski definition) is 3. The van der Waals surface area contributed by atoms with E-state index in [0.29, 0.717) is 5.75 Å². The van der Waals surface area contributed by atoms with Crippen LogP contribution < -0.4 is 4.74 Å². The van der Waals surface area contributed by atoms with Crippen molar-refractivity contribution in [3.05, 3.63) is 29.6 Å². The van der Waals surface area contributed by atoms with E-state index in [2.05, 4.69) is 0 Å². The second-order valence-electron chi connectivity index (χ2n) is 4.30. The third kappa shape index (κ3) is 3.67. The topological polar surface area (TPSA) is 49.9 Å². The number of likely N-dealkylation sites (N-methyl/N-ethyl adjacent to an activating group) is 2. The largest absolute Gasteiger partial charge is 0.497 e. The highest BCUT2D eigenvalue weighted by Crippen LogP contribution is 2.17. The van der Waals surface area contributed by atoms with E-state index in [1.54, 1.807) is 14.1 Å². The van der Waals surface area contributed by atoms with Crippen molar-refractivity contribution in [2.45, 2.75) is 0 Å². The Kier molecular flexibility index (Phi) is 4.86. The minimum atomic E-state index is -0.673. The molecule has 1 aromatic rings. The van der Waals surface area contributed by atoms with E-state index in [9.17, 15) is 14.0 Å². The van der Waals surface area contributed by atoms with Gasteiger partial charge in [0.2, 0.25) is 5.91 Å². The second-order valence-corrected chi connectivity index (χ2v) is 4.30. The molecule has 0 unspecified atom stereocenters. The summed E-state index contributed by atoms with van der Waals surface area (Å²) in [4.78, 5) is 26.0. The van der Waals surface area contributed by atoms with Crippen molar-refractivity contribution in [3.63, 3.8) is 0 Å². The molecule has 0 heterocycles. The normalized spacial score (nSPS) is 9.95. The van der Waals surface area contributed by atoms with Crippen LogP contribution >= 0.6 is 0 Å². The number of ether oxygens (including phenoxy) is 1. The Morgan fingerprint density at radius 1 is 1.26 bits per heavy atom. The average Bonchev–Trinajstić information content (AvgIpc) is 2.37. The number of benzene rings is 1. The molecule has 0 spiro atoms. The van der Waals surface area contributed by atoms with Crippen molar-refractivity contribution in [1.29, 1.82) is 0 Å². The van der Waals surface area contributed by atoms with E-state index in [0.717, 1.165) is 6.07 Å². The Bertz CT molecular complexity index is 489. The highest BCUT2D eigenvalue weighted by atomic mass is 19.1. The molecule has 0 radical (unpaired) electrons. The SMILES string of the molecule is COc1ccc(C(=O)N(C)CC(=O)N(C)C)c(F)c1. The quantitative estimate of drug-likeness (QED) is 0.818. The molecule has 1 rings (SSSR count). The zero-order valence-corrected chi connectivity index (χ0v) is 11.4. The summed E-state index contributed by atoms with van der Waals surface area (Å²) < 4.78 is 18.6. The number of hydrogen-bond donors (Lipinski definition) is 0. The molecule has 6 heteroatoms. The lowest BCUT2D eigenvalue weighted by molar-refractivity contribution is -0.129. The van der Waals surface area contributed by atoms with Gasteiger partial charge in [-0.1, -0.05) is 0 Å². The predicted octanol–water partition coefficient (Wildman–Crippen LogP) is 0.994. The van der Waals surface area contributed by atoms with Crippen molar-refractivity contribution in [1.82, 2.24) is 9.80 Å². The number of nitrogens with zero attached hydrogens (tertiary/aromatic N) is 2. The number of methoxy groups -OCH3 is 1. The fourth-order valence-corrected chi connectivity index (χ4v) is 1.42. The third-order valence-corrected chi connectivity index (χ3v) is 2.62. The molecule has 0 saturated heterocycles. The van der Waals surface area contributed by atoms with Crippen molar-refractivity contribution in [2.75, 3.05) is 34.8 Å². The molecule has 19 heavy (non-hydrogen) atoms. The third-order valence-electron chi connectivity index (χ3n) is 2.62. The Labute approximate surface area is 111 Å². The first kappa shape index (κ1) is 14.9. The van der Waals surface area contributed by atoms with Crippen LogP contribution in [-0.2, 0) is 4.79 Å². The van der Waals surface area contributed by atoms with Crippen LogP contribution in [0.2, 0.25) is 0 Å². The highest BCUT2D eigenvalue weighted by Gasteiger charge is 2.19. The standard InChI is InChI=1S/C13H17FN2O3/c1-15(2)12(17)8-16(3)13(18)10-6-5-9(19-4)7-11(10)14/h5-7H,8H2,1-4H3. The van der Waals surface area contributed by atoms with Crippen molar-refractivity contribution < 1.29 is 18.7 Å². The average molecular weight is 268 g/mol. The van der Waals surface area contributed by atoms with Crippen molar-refractivity contribution in [2.24, 2.45) is 0 Å². The van der Waals surface area contributed by atoms with Gasteiger partial charge in [-0.15, -0.1) is 0 Å². The number of halogens is 1. The lowest BCUT2D eigenvalue weighted by atomic mass is 10.2. The molecular formula is C13H17FN2O3. The molecule has 0 saturated carbocycles. The summed E-state index contributed by atoms with van der Waals surface area (Å²) in [7, 11) is 6.05. The number of amides is 2. The Balaban J connectivity index is 2.85. The van der Waals surface area contributed by atoms with E-state index in [1.165, 1.54) is 36.1 Å². The molecule has 104 valence electrons. The first-order valence-electron chi connectivity index (χ1n) is 5.66. The van der Waals surface area contributed by atoms with Gasteiger partial charge in [0.25, 0.3) is 5.91 Å². The van der Waals surface area contributed by atoms with Crippen LogP contribution in [0, 0.1) is 5.82 Å². The first-order valence-corrected chi connectivity index (χ1v) is 5.66. The Morgan fingerprint density at radius 3 is 2.37 bits per heavy atom. The number of carbonyl (C=O) groups is 2. The maximum absolute atomic E-state index is 13.7. The maximum atomic E-state index is 13.7. The fraction of sp³-hybridized carbons (Fsp3) is 0.385. The number of carbonyl (C=O) groups excluding carboxylic acids is 2. The van der Waals surface area contributed by atoms with Crippen molar-refractivity contribution in [3.8, 4) is 5.75 Å². The van der Waals surface area contributed by atoms with Gasteiger partial charge in [-0.05, 0) is 12.1 Å². The van der Waals surface area contributed by atoms with Gasteiger partial charge < -0.3 is 14.5 Å². The molecule has 0 aromatic heterocycles. The lowest BCUT2D eigenvalue weighted by Gasteiger charge is -2.19. The summed E-state index contributed by atoms with van der Waals surface area (Å²) in [6.07, 6.45) is 0. The van der Waals surface area contributed by atoms with E-state index in [-0.39, 0.29) is 18.0 Å². The summed E-state index contributed by atoms with van der Waals surface area (Å²) in [5, 5.41) is 0. The van der Waals surface area contributed by atoms with Gasteiger partial charge in [0.05, 0.1) is 19.2 Å². The van der Waals surface area contributed by atoms with E-state index in [4.69, 9.17) is 4.74 Å². The van der Waals surface area contributed by atoms with Gasteiger partial charge in [-0.2, -0.15) is 0 Å². The minimum absolute atomic E-state index is 0.0881. The van der Waals surface area contributed by atoms with Gasteiger partial charge >= 0.3 is 0 Å². The molecule has 1 aromatic carbocycles. The summed E-state index contributed by atoms with van der Waals surface area (Å²) in [6, 6.07) is 3.97. The molecular weight excluding hydrogens is 251 g/mol. The summed E-state index contributed by atoms with van der Waals surface area (Å²) in [5.74, 6) is -1.12. The molecule has 0 aliphatic heterocycles. The van der Waals surface area contributed by atoms with Crippen molar-refractivity contribution >= 4 is 11.8 Å². The lowest BCUT2D eigenvalue weighted by Crippen LogP contribution is -2.38. The van der Waals surface area contributed by atoms with Gasteiger partial charge in [0, 0.05) is 27.2 Å². The monoisotopic (exact) mass is 268 g/mol. The number of rotatable bonds is 4. The van der Waals surface area contributed by atoms with Crippen LogP contribution in [-0.4, -0.2) is 56.4 Å². The molecule has 5 nitrogen and oxygen atoms in total. The van der Waals surface area contributed by atoms with Crippen LogP contribution in [0.1, 0.15) is 10.4 Å².